The van der Waals surface area contributed by atoms with E-state index in [0.29, 0.717) is 0 Å². The van der Waals surface area contributed by atoms with Crippen molar-refractivity contribution in [1.29, 1.82) is 0 Å². The predicted octanol–water partition coefficient (Wildman–Crippen LogP) is 3.46. The lowest BCUT2D eigenvalue weighted by Gasteiger charge is -2.37. The molecule has 164 valence electrons. The van der Waals surface area contributed by atoms with Crippen LogP contribution in [0.1, 0.15) is 36.5 Å². The van der Waals surface area contributed by atoms with E-state index < -0.39 is 23.5 Å². The van der Waals surface area contributed by atoms with Gasteiger partial charge < -0.3 is 15.7 Å². The summed E-state index contributed by atoms with van der Waals surface area (Å²) in [6.45, 7) is 1.25. The van der Waals surface area contributed by atoms with Gasteiger partial charge in [-0.2, -0.15) is 0 Å². The molecule has 0 saturated carbocycles. The van der Waals surface area contributed by atoms with Crippen molar-refractivity contribution < 1.29 is 19.5 Å². The first-order chi connectivity index (χ1) is 15.4. The molecular weight excluding hydrogens is 404 g/mol. The van der Waals surface area contributed by atoms with Crippen LogP contribution in [0.5, 0.6) is 0 Å². The first-order valence-electron chi connectivity index (χ1n) is 10.4. The quantitative estimate of drug-likeness (QED) is 0.453. The summed E-state index contributed by atoms with van der Waals surface area (Å²) in [6, 6.07) is 27.8. The highest BCUT2D eigenvalue weighted by atomic mass is 16.4. The van der Waals surface area contributed by atoms with Gasteiger partial charge in [0, 0.05) is 13.3 Å². The van der Waals surface area contributed by atoms with Crippen LogP contribution in [-0.4, -0.2) is 28.9 Å². The van der Waals surface area contributed by atoms with Crippen LogP contribution in [0.3, 0.4) is 0 Å². The van der Waals surface area contributed by atoms with Crippen molar-refractivity contribution in [2.45, 2.75) is 31.3 Å². The zero-order valence-corrected chi connectivity index (χ0v) is 17.8. The normalized spacial score (nSPS) is 11.9. The van der Waals surface area contributed by atoms with Crippen LogP contribution in [0.4, 0.5) is 0 Å². The Morgan fingerprint density at radius 2 is 1.19 bits per heavy atom. The highest BCUT2D eigenvalue weighted by Gasteiger charge is 2.37. The van der Waals surface area contributed by atoms with Crippen molar-refractivity contribution in [3.05, 3.63) is 108 Å². The van der Waals surface area contributed by atoms with Gasteiger partial charge in [-0.1, -0.05) is 91.0 Å². The molecule has 1 atom stereocenters. The second-order valence-electron chi connectivity index (χ2n) is 7.53. The minimum atomic E-state index is -1.17. The van der Waals surface area contributed by atoms with E-state index in [1.807, 2.05) is 91.0 Å². The Balaban J connectivity index is 2.01. The van der Waals surface area contributed by atoms with Gasteiger partial charge in [0.15, 0.2) is 0 Å². The topological polar surface area (TPSA) is 95.5 Å². The molecular formula is C26H26N2O4. The van der Waals surface area contributed by atoms with Crippen LogP contribution in [0.25, 0.3) is 0 Å². The zero-order chi connectivity index (χ0) is 23.0. The number of carboxylic acids is 1. The van der Waals surface area contributed by atoms with E-state index in [1.165, 1.54) is 6.92 Å². The minimum absolute atomic E-state index is 0.0187. The zero-order valence-electron chi connectivity index (χ0n) is 17.8. The van der Waals surface area contributed by atoms with Crippen LogP contribution in [-0.2, 0) is 19.9 Å². The number of carboxylic acid groups (broad SMARTS) is 1. The summed E-state index contributed by atoms with van der Waals surface area (Å²) in [4.78, 5) is 35.9. The van der Waals surface area contributed by atoms with Gasteiger partial charge in [-0.15, -0.1) is 0 Å². The van der Waals surface area contributed by atoms with Gasteiger partial charge in [0.25, 0.3) is 0 Å². The lowest BCUT2D eigenvalue weighted by Crippen LogP contribution is -2.48. The third-order valence-electron chi connectivity index (χ3n) is 5.28. The molecule has 3 N–H and O–H groups in total. The van der Waals surface area contributed by atoms with Gasteiger partial charge in [-0.05, 0) is 23.1 Å². The summed E-state index contributed by atoms with van der Waals surface area (Å²) in [5.74, 6) is -1.95. The fraction of sp³-hybridized carbons (Fsp3) is 0.192. The second-order valence-corrected chi connectivity index (χ2v) is 7.53. The summed E-state index contributed by atoms with van der Waals surface area (Å²) >= 11 is 0. The standard InChI is InChI=1S/C26H26N2O4/c1-19(29)27-23(25(31)32)17-18-24(30)28-26(20-11-5-2-6-12-20,21-13-7-3-8-14-21)22-15-9-4-10-16-22/h2-16,23H,17-18H2,1H3,(H,27,29)(H,28,30)(H,31,32)/t23-/m0/s1. The Morgan fingerprint density at radius 3 is 1.53 bits per heavy atom. The molecule has 0 spiro atoms. The predicted molar refractivity (Wildman–Crippen MR) is 122 cm³/mol. The molecule has 0 heterocycles. The molecule has 0 radical (unpaired) electrons. The van der Waals surface area contributed by atoms with Crippen LogP contribution in [0, 0.1) is 0 Å². The van der Waals surface area contributed by atoms with Crippen molar-refractivity contribution in [3.8, 4) is 0 Å². The van der Waals surface area contributed by atoms with Crippen molar-refractivity contribution in [3.63, 3.8) is 0 Å². The maximum absolute atomic E-state index is 13.2. The molecule has 6 nitrogen and oxygen atoms in total. The summed E-state index contributed by atoms with van der Waals surface area (Å²) in [5, 5.41) is 14.9. The van der Waals surface area contributed by atoms with Crippen LogP contribution in [0.2, 0.25) is 0 Å². The first kappa shape index (κ1) is 22.7. The smallest absolute Gasteiger partial charge is 0.326 e. The van der Waals surface area contributed by atoms with Crippen molar-refractivity contribution >= 4 is 17.8 Å². The van der Waals surface area contributed by atoms with Gasteiger partial charge >= 0.3 is 5.97 Å². The first-order valence-corrected chi connectivity index (χ1v) is 10.4. The van der Waals surface area contributed by atoms with Crippen LogP contribution in [0.15, 0.2) is 91.0 Å². The maximum atomic E-state index is 13.2. The number of hydrogen-bond acceptors (Lipinski definition) is 3. The van der Waals surface area contributed by atoms with E-state index in [1.54, 1.807) is 0 Å². The Kier molecular flexibility index (Phi) is 7.39. The third kappa shape index (κ3) is 5.21. The molecule has 0 aliphatic rings. The maximum Gasteiger partial charge on any atom is 0.326 e. The molecule has 0 saturated heterocycles. The average Bonchev–Trinajstić information content (AvgIpc) is 2.81. The number of benzene rings is 3. The van der Waals surface area contributed by atoms with Crippen LogP contribution >= 0.6 is 0 Å². The van der Waals surface area contributed by atoms with E-state index in [4.69, 9.17) is 0 Å². The molecule has 3 aromatic rings. The fourth-order valence-corrected chi connectivity index (χ4v) is 3.83. The molecule has 3 aromatic carbocycles. The van der Waals surface area contributed by atoms with E-state index in [0.717, 1.165) is 16.7 Å². The molecule has 6 heteroatoms. The Labute approximate surface area is 187 Å². The SMILES string of the molecule is CC(=O)N[C@@H](CCC(=O)NC(c1ccccc1)(c1ccccc1)c1ccccc1)C(=O)O. The van der Waals surface area contributed by atoms with Gasteiger partial charge in [0.05, 0.1) is 0 Å². The molecule has 0 aliphatic carbocycles. The summed E-state index contributed by atoms with van der Waals surface area (Å²) in [5.41, 5.74) is 1.67. The molecule has 0 aromatic heterocycles. The summed E-state index contributed by atoms with van der Waals surface area (Å²) in [6.07, 6.45) is -0.0826. The molecule has 3 rings (SSSR count). The Morgan fingerprint density at radius 1 is 0.781 bits per heavy atom. The third-order valence-corrected chi connectivity index (χ3v) is 5.28. The molecule has 0 fully saturated rings. The molecule has 0 unspecified atom stereocenters. The van der Waals surface area contributed by atoms with E-state index in [-0.39, 0.29) is 18.7 Å². The number of nitrogens with one attached hydrogen (secondary N) is 2. The number of rotatable bonds is 9. The fourth-order valence-electron chi connectivity index (χ4n) is 3.83. The van der Waals surface area contributed by atoms with Crippen molar-refractivity contribution in [1.82, 2.24) is 10.6 Å². The Hall–Kier alpha value is -3.93. The van der Waals surface area contributed by atoms with E-state index >= 15 is 0 Å². The lowest BCUT2D eigenvalue weighted by molar-refractivity contribution is -0.141. The highest BCUT2D eigenvalue weighted by molar-refractivity contribution is 5.84. The van der Waals surface area contributed by atoms with Crippen LogP contribution < -0.4 is 10.6 Å². The van der Waals surface area contributed by atoms with E-state index in [9.17, 15) is 19.5 Å². The van der Waals surface area contributed by atoms with Crippen molar-refractivity contribution in [2.24, 2.45) is 0 Å². The average molecular weight is 431 g/mol. The second kappa shape index (κ2) is 10.4. The monoisotopic (exact) mass is 430 g/mol. The lowest BCUT2D eigenvalue weighted by atomic mass is 9.77. The van der Waals surface area contributed by atoms with Crippen molar-refractivity contribution in [2.75, 3.05) is 0 Å². The number of amides is 2. The number of aliphatic carboxylic acids is 1. The number of hydrogen-bond donors (Lipinski definition) is 3. The highest BCUT2D eigenvalue weighted by Crippen LogP contribution is 2.36. The molecule has 0 bridgehead atoms. The molecule has 2 amide bonds. The molecule has 32 heavy (non-hydrogen) atoms. The summed E-state index contributed by atoms with van der Waals surface area (Å²) < 4.78 is 0. The number of carbonyl (C=O) groups is 3. The largest absolute Gasteiger partial charge is 0.480 e. The van der Waals surface area contributed by atoms with E-state index in [2.05, 4.69) is 10.6 Å². The van der Waals surface area contributed by atoms with Gasteiger partial charge in [0.1, 0.15) is 11.6 Å². The Bertz CT molecular complexity index is 956. The minimum Gasteiger partial charge on any atom is -0.480 e. The molecule has 0 aliphatic heterocycles. The number of carbonyl (C=O) groups excluding carboxylic acids is 2. The van der Waals surface area contributed by atoms with Gasteiger partial charge in [0.2, 0.25) is 11.8 Å². The van der Waals surface area contributed by atoms with Gasteiger partial charge in [-0.3, -0.25) is 9.59 Å². The summed E-state index contributed by atoms with van der Waals surface area (Å²) in [7, 11) is 0. The van der Waals surface area contributed by atoms with Gasteiger partial charge in [-0.25, -0.2) is 4.79 Å².